The van der Waals surface area contributed by atoms with Gasteiger partial charge in [-0.25, -0.2) is 0 Å². The van der Waals surface area contributed by atoms with Gasteiger partial charge in [0.25, 0.3) is 11.6 Å². The van der Waals surface area contributed by atoms with Gasteiger partial charge in [-0.2, -0.15) is 0 Å². The maximum Gasteiger partial charge on any atom is 0.293 e. The van der Waals surface area contributed by atoms with Gasteiger partial charge in [0.05, 0.1) is 4.92 Å². The molecule has 23 heavy (non-hydrogen) atoms. The van der Waals surface area contributed by atoms with E-state index < -0.39 is 0 Å². The minimum atomic E-state index is -0.364. The van der Waals surface area contributed by atoms with E-state index in [1.807, 2.05) is 4.90 Å². The van der Waals surface area contributed by atoms with Crippen molar-refractivity contribution in [2.45, 2.75) is 38.5 Å². The van der Waals surface area contributed by atoms with Crippen molar-refractivity contribution in [2.24, 2.45) is 0 Å². The van der Waals surface area contributed by atoms with Crippen LogP contribution in [-0.2, 0) is 0 Å². The van der Waals surface area contributed by atoms with Gasteiger partial charge in [-0.3, -0.25) is 14.9 Å². The molecular formula is C17H23N3O3. The molecule has 1 aromatic rings. The van der Waals surface area contributed by atoms with Crippen molar-refractivity contribution in [3.63, 3.8) is 0 Å². The lowest BCUT2D eigenvalue weighted by atomic mass is 10.1. The second kappa shape index (κ2) is 6.98. The molecule has 2 aliphatic heterocycles. The summed E-state index contributed by atoms with van der Waals surface area (Å²) in [5, 5.41) is 11.5. The maximum absolute atomic E-state index is 12.6. The summed E-state index contributed by atoms with van der Waals surface area (Å²) in [6.07, 6.45) is 6.48. The van der Waals surface area contributed by atoms with E-state index in [-0.39, 0.29) is 16.5 Å². The molecule has 124 valence electrons. The Bertz CT molecular complexity index is 591. The highest BCUT2D eigenvalue weighted by molar-refractivity contribution is 5.95. The second-order valence-corrected chi connectivity index (χ2v) is 6.36. The van der Waals surface area contributed by atoms with Crippen LogP contribution in [0.2, 0.25) is 0 Å². The first kappa shape index (κ1) is 15.8. The van der Waals surface area contributed by atoms with E-state index in [0.717, 1.165) is 58.3 Å². The minimum Gasteiger partial charge on any atom is -0.366 e. The number of hydrogen-bond acceptors (Lipinski definition) is 4. The number of nitro benzene ring substituents is 1. The van der Waals surface area contributed by atoms with E-state index in [4.69, 9.17) is 0 Å². The molecule has 2 saturated heterocycles. The van der Waals surface area contributed by atoms with Crippen LogP contribution in [0.4, 0.5) is 11.4 Å². The van der Waals surface area contributed by atoms with Gasteiger partial charge in [-0.05, 0) is 50.7 Å². The fourth-order valence-electron chi connectivity index (χ4n) is 3.48. The molecule has 0 bridgehead atoms. The number of nitro groups is 1. The number of piperidine rings is 2. The zero-order valence-corrected chi connectivity index (χ0v) is 13.4. The highest BCUT2D eigenvalue weighted by Crippen LogP contribution is 2.31. The normalized spacial score (nSPS) is 18.8. The highest BCUT2D eigenvalue weighted by atomic mass is 16.6. The van der Waals surface area contributed by atoms with Gasteiger partial charge >= 0.3 is 0 Å². The molecule has 0 aromatic heterocycles. The average Bonchev–Trinajstić information content (AvgIpc) is 2.62. The van der Waals surface area contributed by atoms with Crippen LogP contribution < -0.4 is 4.90 Å². The molecular weight excluding hydrogens is 294 g/mol. The molecule has 0 spiro atoms. The van der Waals surface area contributed by atoms with Crippen LogP contribution in [0.15, 0.2) is 18.2 Å². The third-order valence-electron chi connectivity index (χ3n) is 4.76. The monoisotopic (exact) mass is 317 g/mol. The number of likely N-dealkylation sites (tertiary alicyclic amines) is 1. The molecule has 1 aromatic carbocycles. The van der Waals surface area contributed by atoms with Crippen LogP contribution in [0, 0.1) is 10.1 Å². The van der Waals surface area contributed by atoms with Crippen molar-refractivity contribution in [3.05, 3.63) is 33.9 Å². The lowest BCUT2D eigenvalue weighted by Crippen LogP contribution is -2.35. The van der Waals surface area contributed by atoms with Crippen molar-refractivity contribution in [1.82, 2.24) is 4.90 Å². The van der Waals surface area contributed by atoms with E-state index in [1.165, 1.54) is 12.5 Å². The van der Waals surface area contributed by atoms with Gasteiger partial charge in [-0.15, -0.1) is 0 Å². The molecule has 2 fully saturated rings. The van der Waals surface area contributed by atoms with E-state index in [2.05, 4.69) is 4.90 Å². The van der Waals surface area contributed by atoms with Crippen LogP contribution in [-0.4, -0.2) is 41.9 Å². The number of anilines is 1. The highest BCUT2D eigenvalue weighted by Gasteiger charge is 2.25. The molecule has 0 aliphatic carbocycles. The summed E-state index contributed by atoms with van der Waals surface area (Å²) in [6, 6.07) is 4.95. The van der Waals surface area contributed by atoms with Crippen LogP contribution in [0.5, 0.6) is 0 Å². The Hall–Kier alpha value is -2.11. The molecule has 2 heterocycles. The Balaban J connectivity index is 1.86. The number of benzene rings is 1. The maximum atomic E-state index is 12.6. The molecule has 2 aliphatic rings. The Morgan fingerprint density at radius 3 is 2.17 bits per heavy atom. The summed E-state index contributed by atoms with van der Waals surface area (Å²) < 4.78 is 0. The van der Waals surface area contributed by atoms with E-state index >= 15 is 0 Å². The molecule has 0 atom stereocenters. The van der Waals surface area contributed by atoms with Gasteiger partial charge < -0.3 is 9.80 Å². The molecule has 1 amide bonds. The quantitative estimate of drug-likeness (QED) is 0.634. The van der Waals surface area contributed by atoms with Gasteiger partial charge in [0.1, 0.15) is 5.69 Å². The largest absolute Gasteiger partial charge is 0.366 e. The summed E-state index contributed by atoms with van der Waals surface area (Å²) >= 11 is 0. The molecule has 0 N–H and O–H groups in total. The van der Waals surface area contributed by atoms with Crippen molar-refractivity contribution in [3.8, 4) is 0 Å². The zero-order chi connectivity index (χ0) is 16.2. The number of rotatable bonds is 3. The molecule has 3 rings (SSSR count). The smallest absolute Gasteiger partial charge is 0.293 e. The fraction of sp³-hybridized carbons (Fsp3) is 0.588. The Kier molecular flexibility index (Phi) is 4.79. The number of hydrogen-bond donors (Lipinski definition) is 0. The van der Waals surface area contributed by atoms with E-state index in [0.29, 0.717) is 11.3 Å². The SMILES string of the molecule is O=C(c1ccc(N2CCCCC2)c([N+](=O)[O-])c1)N1CCCCC1. The summed E-state index contributed by atoms with van der Waals surface area (Å²) in [5.41, 5.74) is 1.12. The average molecular weight is 317 g/mol. The first-order valence-corrected chi connectivity index (χ1v) is 8.49. The molecule has 6 heteroatoms. The van der Waals surface area contributed by atoms with Gasteiger partial charge in [0.15, 0.2) is 0 Å². The van der Waals surface area contributed by atoms with Crippen LogP contribution in [0.3, 0.4) is 0 Å². The van der Waals surface area contributed by atoms with Gasteiger partial charge in [-0.1, -0.05) is 0 Å². The number of nitrogens with zero attached hydrogens (tertiary/aromatic N) is 3. The standard InChI is InChI=1S/C17H23N3O3/c21-17(19-11-5-2-6-12-19)14-7-8-15(16(13-14)20(22)23)18-9-3-1-4-10-18/h7-8,13H,1-6,9-12H2. The molecule has 0 radical (unpaired) electrons. The predicted molar refractivity (Wildman–Crippen MR) is 88.9 cm³/mol. The lowest BCUT2D eigenvalue weighted by molar-refractivity contribution is -0.384. The topological polar surface area (TPSA) is 66.7 Å². The Morgan fingerprint density at radius 1 is 0.957 bits per heavy atom. The zero-order valence-electron chi connectivity index (χ0n) is 13.4. The van der Waals surface area contributed by atoms with E-state index in [1.54, 1.807) is 12.1 Å². The lowest BCUT2D eigenvalue weighted by Gasteiger charge is -2.29. The third-order valence-corrected chi connectivity index (χ3v) is 4.76. The van der Waals surface area contributed by atoms with Gasteiger partial charge in [0.2, 0.25) is 0 Å². The summed E-state index contributed by atoms with van der Waals surface area (Å²) in [6.45, 7) is 3.20. The molecule has 6 nitrogen and oxygen atoms in total. The van der Waals surface area contributed by atoms with Crippen molar-refractivity contribution in [2.75, 3.05) is 31.1 Å². The minimum absolute atomic E-state index is 0.0507. The van der Waals surface area contributed by atoms with Crippen molar-refractivity contribution < 1.29 is 9.72 Å². The first-order valence-electron chi connectivity index (χ1n) is 8.49. The third kappa shape index (κ3) is 3.46. The van der Waals surface area contributed by atoms with Crippen LogP contribution >= 0.6 is 0 Å². The first-order chi connectivity index (χ1) is 11.2. The predicted octanol–water partition coefficient (Wildman–Crippen LogP) is 3.21. The Morgan fingerprint density at radius 2 is 1.57 bits per heavy atom. The Labute approximate surface area is 136 Å². The number of carbonyl (C=O) groups excluding carboxylic acids is 1. The van der Waals surface area contributed by atoms with E-state index in [9.17, 15) is 14.9 Å². The fourth-order valence-corrected chi connectivity index (χ4v) is 3.48. The molecule has 0 unspecified atom stereocenters. The van der Waals surface area contributed by atoms with Gasteiger partial charge in [0, 0.05) is 37.8 Å². The summed E-state index contributed by atoms with van der Waals surface area (Å²) in [5.74, 6) is -0.0852. The number of carbonyl (C=O) groups is 1. The second-order valence-electron chi connectivity index (χ2n) is 6.36. The van der Waals surface area contributed by atoms with Crippen LogP contribution in [0.25, 0.3) is 0 Å². The summed E-state index contributed by atoms with van der Waals surface area (Å²) in [7, 11) is 0. The molecule has 0 saturated carbocycles. The van der Waals surface area contributed by atoms with Crippen molar-refractivity contribution in [1.29, 1.82) is 0 Å². The van der Waals surface area contributed by atoms with Crippen molar-refractivity contribution >= 4 is 17.3 Å². The van der Waals surface area contributed by atoms with Crippen LogP contribution in [0.1, 0.15) is 48.9 Å². The summed E-state index contributed by atoms with van der Waals surface area (Å²) in [4.78, 5) is 27.5. The number of amides is 1.